The molecule has 3 aromatic rings. The molecule has 9 heteroatoms. The Morgan fingerprint density at radius 3 is 2.17 bits per heavy atom. The molecule has 0 bridgehead atoms. The number of aryl methyl sites for hydroxylation is 1. The summed E-state index contributed by atoms with van der Waals surface area (Å²) >= 11 is 0. The highest BCUT2D eigenvalue weighted by molar-refractivity contribution is 7.91. The van der Waals surface area contributed by atoms with Crippen LogP contribution in [0.3, 0.4) is 0 Å². The molecule has 0 saturated carbocycles. The first kappa shape index (κ1) is 21.1. The Morgan fingerprint density at radius 1 is 0.931 bits per heavy atom. The highest BCUT2D eigenvalue weighted by Gasteiger charge is 2.19. The maximum absolute atomic E-state index is 12.2. The third-order valence-electron chi connectivity index (χ3n) is 4.68. The molecule has 154 valence electrons. The van der Waals surface area contributed by atoms with Crippen molar-refractivity contribution < 1.29 is 16.8 Å². The number of para-hydroxylation sites is 1. The minimum atomic E-state index is -3.63. The molecule has 1 aromatic heterocycles. The second-order valence-electron chi connectivity index (χ2n) is 6.95. The standard InChI is InChI=1S/C20H23N3O4S2/c1-14-18(15(2)23(22-14)16-8-6-5-7-9-16)13-21-19-11-10-17(28(3,24)25)12-20(19)29(4,26)27/h5-12,21H,13H2,1-4H3. The molecule has 0 aliphatic carbocycles. The lowest BCUT2D eigenvalue weighted by Gasteiger charge is -2.13. The molecule has 0 amide bonds. The molecule has 0 aliphatic heterocycles. The van der Waals surface area contributed by atoms with Gasteiger partial charge in [0.2, 0.25) is 0 Å². The van der Waals surface area contributed by atoms with Gasteiger partial charge in [-0.05, 0) is 44.2 Å². The second-order valence-corrected chi connectivity index (χ2v) is 11.0. The maximum Gasteiger partial charge on any atom is 0.177 e. The van der Waals surface area contributed by atoms with Gasteiger partial charge in [0.05, 0.1) is 26.9 Å². The van der Waals surface area contributed by atoms with E-state index in [2.05, 4.69) is 10.4 Å². The number of hydrogen-bond acceptors (Lipinski definition) is 6. The molecule has 0 radical (unpaired) electrons. The van der Waals surface area contributed by atoms with Crippen LogP contribution in [0.5, 0.6) is 0 Å². The van der Waals surface area contributed by atoms with Gasteiger partial charge in [-0.15, -0.1) is 0 Å². The molecule has 7 nitrogen and oxygen atoms in total. The summed E-state index contributed by atoms with van der Waals surface area (Å²) in [5.74, 6) is 0. The van der Waals surface area contributed by atoms with E-state index in [1.54, 1.807) is 0 Å². The van der Waals surface area contributed by atoms with Gasteiger partial charge < -0.3 is 5.32 Å². The fourth-order valence-corrected chi connectivity index (χ4v) is 4.72. The van der Waals surface area contributed by atoms with Gasteiger partial charge in [-0.1, -0.05) is 18.2 Å². The zero-order valence-corrected chi connectivity index (χ0v) is 18.3. The summed E-state index contributed by atoms with van der Waals surface area (Å²) in [5, 5.41) is 7.72. The van der Waals surface area contributed by atoms with E-state index in [0.717, 1.165) is 35.2 Å². The molecule has 1 N–H and O–H groups in total. The predicted molar refractivity (Wildman–Crippen MR) is 113 cm³/mol. The van der Waals surface area contributed by atoms with E-state index in [-0.39, 0.29) is 9.79 Å². The predicted octanol–water partition coefficient (Wildman–Crippen LogP) is 2.91. The zero-order chi connectivity index (χ0) is 21.4. The number of nitrogens with one attached hydrogen (secondary N) is 1. The van der Waals surface area contributed by atoms with E-state index in [0.29, 0.717) is 12.2 Å². The Balaban J connectivity index is 1.96. The zero-order valence-electron chi connectivity index (χ0n) is 16.7. The monoisotopic (exact) mass is 433 g/mol. The van der Waals surface area contributed by atoms with E-state index >= 15 is 0 Å². The van der Waals surface area contributed by atoms with Crippen molar-refractivity contribution in [2.45, 2.75) is 30.2 Å². The number of hydrogen-bond donors (Lipinski definition) is 1. The largest absolute Gasteiger partial charge is 0.380 e. The van der Waals surface area contributed by atoms with Crippen LogP contribution >= 0.6 is 0 Å². The molecule has 1 heterocycles. The number of nitrogens with zero attached hydrogens (tertiary/aromatic N) is 2. The third kappa shape index (κ3) is 4.51. The summed E-state index contributed by atoms with van der Waals surface area (Å²) in [6.07, 6.45) is 2.11. The molecule has 0 saturated heterocycles. The van der Waals surface area contributed by atoms with Crippen LogP contribution in [0.4, 0.5) is 5.69 Å². The number of aromatic nitrogens is 2. The van der Waals surface area contributed by atoms with Crippen LogP contribution in [0.25, 0.3) is 5.69 Å². The van der Waals surface area contributed by atoms with Gasteiger partial charge in [0.1, 0.15) is 0 Å². The van der Waals surface area contributed by atoms with Gasteiger partial charge in [0.25, 0.3) is 0 Å². The molecule has 2 aromatic carbocycles. The summed E-state index contributed by atoms with van der Waals surface area (Å²) < 4.78 is 49.9. The minimum absolute atomic E-state index is 0.0345. The van der Waals surface area contributed by atoms with Crippen LogP contribution < -0.4 is 5.32 Å². The summed E-state index contributed by atoms with van der Waals surface area (Å²) in [7, 11) is -7.14. The third-order valence-corrected chi connectivity index (χ3v) is 6.93. The molecule has 0 fully saturated rings. The van der Waals surface area contributed by atoms with E-state index in [4.69, 9.17) is 0 Å². The van der Waals surface area contributed by atoms with Gasteiger partial charge >= 0.3 is 0 Å². The van der Waals surface area contributed by atoms with Crippen molar-refractivity contribution in [2.24, 2.45) is 0 Å². The number of sulfone groups is 2. The van der Waals surface area contributed by atoms with Crippen molar-refractivity contribution in [1.82, 2.24) is 9.78 Å². The second kappa shape index (κ2) is 7.64. The Bertz CT molecular complexity index is 1260. The van der Waals surface area contributed by atoms with Gasteiger partial charge in [-0.25, -0.2) is 21.5 Å². The number of rotatable bonds is 6. The molecule has 3 rings (SSSR count). The lowest BCUT2D eigenvalue weighted by atomic mass is 10.2. The Morgan fingerprint density at radius 2 is 1.59 bits per heavy atom. The minimum Gasteiger partial charge on any atom is -0.380 e. The van der Waals surface area contributed by atoms with Gasteiger partial charge in [0.15, 0.2) is 19.7 Å². The lowest BCUT2D eigenvalue weighted by molar-refractivity contribution is 0.600. The fraction of sp³-hybridized carbons (Fsp3) is 0.250. The van der Waals surface area contributed by atoms with Gasteiger partial charge in [0, 0.05) is 30.3 Å². The molecule has 29 heavy (non-hydrogen) atoms. The molecule has 0 atom stereocenters. The van der Waals surface area contributed by atoms with Crippen LogP contribution in [0.2, 0.25) is 0 Å². The van der Waals surface area contributed by atoms with Crippen molar-refractivity contribution in [3.63, 3.8) is 0 Å². The average Bonchev–Trinajstić information content (AvgIpc) is 2.93. The SMILES string of the molecule is Cc1nn(-c2ccccc2)c(C)c1CNc1ccc(S(C)(=O)=O)cc1S(C)(=O)=O. The quantitative estimate of drug-likeness (QED) is 0.642. The summed E-state index contributed by atoms with van der Waals surface area (Å²) in [5.41, 5.74) is 4.00. The van der Waals surface area contributed by atoms with E-state index in [9.17, 15) is 16.8 Å². The molecule has 0 aliphatic rings. The average molecular weight is 434 g/mol. The highest BCUT2D eigenvalue weighted by atomic mass is 32.2. The topological polar surface area (TPSA) is 98.1 Å². The Kier molecular flexibility index (Phi) is 5.55. The van der Waals surface area contributed by atoms with E-state index in [1.807, 2.05) is 48.9 Å². The highest BCUT2D eigenvalue weighted by Crippen LogP contribution is 2.27. The molecular weight excluding hydrogens is 410 g/mol. The van der Waals surface area contributed by atoms with Crippen molar-refractivity contribution in [3.05, 3.63) is 65.5 Å². The fourth-order valence-electron chi connectivity index (χ4n) is 3.12. The van der Waals surface area contributed by atoms with Crippen molar-refractivity contribution >= 4 is 25.4 Å². The maximum atomic E-state index is 12.2. The summed E-state index contributed by atoms with van der Waals surface area (Å²) in [4.78, 5) is -0.0843. The molecule has 0 spiro atoms. The smallest absolute Gasteiger partial charge is 0.177 e. The molecule has 0 unspecified atom stereocenters. The first-order chi connectivity index (χ1) is 13.5. The van der Waals surface area contributed by atoms with Crippen molar-refractivity contribution in [3.8, 4) is 5.69 Å². The Labute approximate surface area is 171 Å². The van der Waals surface area contributed by atoms with Crippen LogP contribution in [0.1, 0.15) is 17.0 Å². The normalized spacial score (nSPS) is 12.1. The van der Waals surface area contributed by atoms with Crippen molar-refractivity contribution in [2.75, 3.05) is 17.8 Å². The van der Waals surface area contributed by atoms with E-state index < -0.39 is 19.7 Å². The van der Waals surface area contributed by atoms with Crippen molar-refractivity contribution in [1.29, 1.82) is 0 Å². The number of benzene rings is 2. The first-order valence-corrected chi connectivity index (χ1v) is 12.7. The van der Waals surface area contributed by atoms with Gasteiger partial charge in [-0.3, -0.25) is 0 Å². The van der Waals surface area contributed by atoms with Crippen LogP contribution in [0.15, 0.2) is 58.3 Å². The van der Waals surface area contributed by atoms with Crippen LogP contribution in [0, 0.1) is 13.8 Å². The summed E-state index contributed by atoms with van der Waals surface area (Å²) in [6, 6.07) is 13.8. The Hall–Kier alpha value is -2.65. The first-order valence-electron chi connectivity index (χ1n) is 8.87. The number of anilines is 1. The lowest BCUT2D eigenvalue weighted by Crippen LogP contribution is -2.09. The summed E-state index contributed by atoms with van der Waals surface area (Å²) in [6.45, 7) is 4.20. The van der Waals surface area contributed by atoms with E-state index in [1.165, 1.54) is 18.2 Å². The van der Waals surface area contributed by atoms with Crippen LogP contribution in [-0.2, 0) is 26.2 Å². The van der Waals surface area contributed by atoms with Gasteiger partial charge in [-0.2, -0.15) is 5.10 Å². The molecular formula is C20H23N3O4S2. The van der Waals surface area contributed by atoms with Crippen LogP contribution in [-0.4, -0.2) is 39.1 Å².